The van der Waals surface area contributed by atoms with Crippen LogP contribution in [0.1, 0.15) is 17.2 Å². The van der Waals surface area contributed by atoms with Crippen molar-refractivity contribution in [2.45, 2.75) is 12.5 Å². The molecule has 0 saturated heterocycles. The predicted molar refractivity (Wildman–Crippen MR) is 81.9 cm³/mol. The lowest BCUT2D eigenvalue weighted by molar-refractivity contribution is 0.0513. The normalized spacial score (nSPS) is 16.9. The Hall–Kier alpha value is -2.18. The summed E-state index contributed by atoms with van der Waals surface area (Å²) in [5, 5.41) is 12.0. The van der Waals surface area contributed by atoms with Crippen molar-refractivity contribution >= 4 is 5.82 Å². The van der Waals surface area contributed by atoms with Crippen LogP contribution >= 0.6 is 0 Å². The number of rotatable bonds is 6. The highest BCUT2D eigenvalue weighted by Crippen LogP contribution is 2.27. The van der Waals surface area contributed by atoms with Crippen molar-refractivity contribution in [3.8, 4) is 5.88 Å². The van der Waals surface area contributed by atoms with Gasteiger partial charge in [0.05, 0.1) is 31.7 Å². The quantitative estimate of drug-likeness (QED) is 0.843. The van der Waals surface area contributed by atoms with E-state index in [1.807, 2.05) is 6.07 Å². The van der Waals surface area contributed by atoms with Crippen LogP contribution in [0.4, 0.5) is 5.82 Å². The number of benzene rings is 1. The molecule has 6 heteroatoms. The number of aliphatic hydroxyl groups is 1. The van der Waals surface area contributed by atoms with Gasteiger partial charge in [-0.25, -0.2) is 0 Å². The van der Waals surface area contributed by atoms with E-state index >= 15 is 0 Å². The first-order chi connectivity index (χ1) is 10.9. The summed E-state index contributed by atoms with van der Waals surface area (Å²) in [7, 11) is 0. The van der Waals surface area contributed by atoms with Crippen molar-refractivity contribution in [1.29, 1.82) is 0 Å². The number of hydrogen-bond acceptors (Lipinski definition) is 6. The molecule has 1 atom stereocenters. The fourth-order valence-electron chi connectivity index (χ4n) is 2.50. The number of ether oxygens (including phenoxy) is 2. The zero-order valence-corrected chi connectivity index (χ0v) is 12.2. The fourth-order valence-corrected chi connectivity index (χ4v) is 2.50. The van der Waals surface area contributed by atoms with Crippen LogP contribution in [0.2, 0.25) is 0 Å². The Bertz CT molecular complexity index is 621. The third-order valence-corrected chi connectivity index (χ3v) is 3.51. The van der Waals surface area contributed by atoms with Crippen LogP contribution < -0.4 is 10.1 Å². The second kappa shape index (κ2) is 7.20. The van der Waals surface area contributed by atoms with E-state index in [0.717, 1.165) is 13.0 Å². The summed E-state index contributed by atoms with van der Waals surface area (Å²) in [6.45, 7) is 1.51. The van der Waals surface area contributed by atoms with Gasteiger partial charge in [0.15, 0.2) is 0 Å². The van der Waals surface area contributed by atoms with Gasteiger partial charge in [0.1, 0.15) is 12.4 Å². The number of anilines is 1. The van der Waals surface area contributed by atoms with E-state index in [4.69, 9.17) is 14.6 Å². The minimum absolute atomic E-state index is 0.00812. The van der Waals surface area contributed by atoms with Crippen LogP contribution in [0.5, 0.6) is 5.88 Å². The molecule has 2 heterocycles. The second-order valence-electron chi connectivity index (χ2n) is 5.00. The van der Waals surface area contributed by atoms with Gasteiger partial charge in [-0.3, -0.25) is 4.98 Å². The van der Waals surface area contributed by atoms with Gasteiger partial charge < -0.3 is 19.9 Å². The number of nitrogens with one attached hydrogen (secondary N) is 1. The first-order valence-corrected chi connectivity index (χ1v) is 7.36. The summed E-state index contributed by atoms with van der Waals surface area (Å²) in [6.07, 6.45) is 4.12. The van der Waals surface area contributed by atoms with Crippen LogP contribution in [0, 0.1) is 0 Å². The maximum atomic E-state index is 8.76. The van der Waals surface area contributed by atoms with Gasteiger partial charge in [0.2, 0.25) is 5.88 Å². The standard InChI is InChI=1S/C16H19N3O3/c20-6-8-22-16-11-17-10-15(19-16)18-9-14-13-4-2-1-3-12(13)5-7-21-14/h1-4,10-11,14,20H,5-9H2,(H,18,19). The SMILES string of the molecule is OCCOc1cncc(NCC2OCCc3ccccc32)n1. The van der Waals surface area contributed by atoms with Crippen LogP contribution in [0.3, 0.4) is 0 Å². The average Bonchev–Trinajstić information content (AvgIpc) is 2.58. The third-order valence-electron chi connectivity index (χ3n) is 3.51. The number of hydrogen-bond donors (Lipinski definition) is 2. The minimum Gasteiger partial charge on any atom is -0.474 e. The largest absolute Gasteiger partial charge is 0.474 e. The Kier molecular flexibility index (Phi) is 4.82. The van der Waals surface area contributed by atoms with Gasteiger partial charge in [0.25, 0.3) is 0 Å². The van der Waals surface area contributed by atoms with E-state index in [2.05, 4.69) is 33.5 Å². The van der Waals surface area contributed by atoms with Crippen molar-refractivity contribution in [2.24, 2.45) is 0 Å². The number of aliphatic hydroxyl groups excluding tert-OH is 1. The summed E-state index contributed by atoms with van der Waals surface area (Å²) in [6, 6.07) is 8.34. The maximum Gasteiger partial charge on any atom is 0.234 e. The van der Waals surface area contributed by atoms with Crippen molar-refractivity contribution in [2.75, 3.05) is 31.7 Å². The molecule has 0 bridgehead atoms. The Labute approximate surface area is 129 Å². The molecule has 1 aliphatic heterocycles. The van der Waals surface area contributed by atoms with Gasteiger partial charge in [-0.15, -0.1) is 0 Å². The molecule has 0 aliphatic carbocycles. The molecule has 22 heavy (non-hydrogen) atoms. The highest BCUT2D eigenvalue weighted by atomic mass is 16.5. The number of fused-ring (bicyclic) bond motifs is 1. The smallest absolute Gasteiger partial charge is 0.234 e. The molecule has 1 unspecified atom stereocenters. The van der Waals surface area contributed by atoms with Crippen molar-refractivity contribution in [1.82, 2.24) is 9.97 Å². The minimum atomic E-state index is -0.0496. The summed E-state index contributed by atoms with van der Waals surface area (Å²) in [4.78, 5) is 8.36. The fraction of sp³-hybridized carbons (Fsp3) is 0.375. The Balaban J connectivity index is 1.63. The molecule has 1 aromatic carbocycles. The van der Waals surface area contributed by atoms with E-state index in [9.17, 15) is 0 Å². The lowest BCUT2D eigenvalue weighted by Crippen LogP contribution is -2.23. The highest BCUT2D eigenvalue weighted by Gasteiger charge is 2.20. The van der Waals surface area contributed by atoms with E-state index < -0.39 is 0 Å². The van der Waals surface area contributed by atoms with Gasteiger partial charge in [-0.05, 0) is 17.5 Å². The highest BCUT2D eigenvalue weighted by molar-refractivity contribution is 5.36. The lowest BCUT2D eigenvalue weighted by atomic mass is 9.97. The molecule has 1 aliphatic rings. The number of nitrogens with zero attached hydrogens (tertiary/aromatic N) is 2. The predicted octanol–water partition coefficient (Wildman–Crippen LogP) is 1.57. The molecule has 0 saturated carbocycles. The Morgan fingerprint density at radius 3 is 3.14 bits per heavy atom. The van der Waals surface area contributed by atoms with Crippen LogP contribution in [-0.2, 0) is 11.2 Å². The second-order valence-corrected chi connectivity index (χ2v) is 5.00. The van der Waals surface area contributed by atoms with E-state index in [1.54, 1.807) is 6.20 Å². The monoisotopic (exact) mass is 301 g/mol. The van der Waals surface area contributed by atoms with Crippen molar-refractivity contribution < 1.29 is 14.6 Å². The van der Waals surface area contributed by atoms with Gasteiger partial charge in [-0.1, -0.05) is 24.3 Å². The van der Waals surface area contributed by atoms with Crippen LogP contribution in [0.25, 0.3) is 0 Å². The van der Waals surface area contributed by atoms with Gasteiger partial charge >= 0.3 is 0 Å². The lowest BCUT2D eigenvalue weighted by Gasteiger charge is -2.26. The molecular weight excluding hydrogens is 282 g/mol. The molecule has 0 fully saturated rings. The molecule has 2 N–H and O–H groups in total. The zero-order valence-electron chi connectivity index (χ0n) is 12.2. The molecule has 0 radical (unpaired) electrons. The third kappa shape index (κ3) is 3.52. The van der Waals surface area contributed by atoms with E-state index in [0.29, 0.717) is 18.2 Å². The van der Waals surface area contributed by atoms with Crippen molar-refractivity contribution in [3.05, 3.63) is 47.8 Å². The molecule has 6 nitrogen and oxygen atoms in total. The molecule has 0 spiro atoms. The van der Waals surface area contributed by atoms with Crippen LogP contribution in [-0.4, -0.2) is 41.4 Å². The molecule has 3 rings (SSSR count). The van der Waals surface area contributed by atoms with E-state index in [-0.39, 0.29) is 19.3 Å². The molecule has 1 aromatic heterocycles. The average molecular weight is 301 g/mol. The summed E-state index contributed by atoms with van der Waals surface area (Å²) < 4.78 is 11.1. The van der Waals surface area contributed by atoms with Crippen molar-refractivity contribution in [3.63, 3.8) is 0 Å². The molecule has 2 aromatic rings. The Morgan fingerprint density at radius 1 is 1.32 bits per heavy atom. The van der Waals surface area contributed by atoms with Gasteiger partial charge in [0, 0.05) is 6.54 Å². The first-order valence-electron chi connectivity index (χ1n) is 7.36. The zero-order chi connectivity index (χ0) is 15.2. The topological polar surface area (TPSA) is 76.5 Å². The summed E-state index contributed by atoms with van der Waals surface area (Å²) >= 11 is 0. The van der Waals surface area contributed by atoms with E-state index in [1.165, 1.54) is 17.3 Å². The molecule has 0 amide bonds. The first kappa shape index (κ1) is 14.7. The van der Waals surface area contributed by atoms with Gasteiger partial charge in [-0.2, -0.15) is 4.98 Å². The van der Waals surface area contributed by atoms with Crippen LogP contribution in [0.15, 0.2) is 36.7 Å². The maximum absolute atomic E-state index is 8.76. The Morgan fingerprint density at radius 2 is 2.23 bits per heavy atom. The summed E-state index contributed by atoms with van der Waals surface area (Å²) in [5.74, 6) is 1.02. The number of aromatic nitrogens is 2. The molecular formula is C16H19N3O3. The molecule has 116 valence electrons. The summed E-state index contributed by atoms with van der Waals surface area (Å²) in [5.41, 5.74) is 2.56.